The van der Waals surface area contributed by atoms with Crippen LogP contribution in [0.5, 0.6) is 0 Å². The number of rotatable bonds is 3. The first-order valence-corrected chi connectivity index (χ1v) is 4.22. The van der Waals surface area contributed by atoms with E-state index in [1.807, 2.05) is 13.0 Å². The fraction of sp³-hybridized carbons (Fsp3) is 0.300. The van der Waals surface area contributed by atoms with Gasteiger partial charge in [0.2, 0.25) is 0 Å². The van der Waals surface area contributed by atoms with E-state index in [9.17, 15) is 4.79 Å². The first-order chi connectivity index (χ1) is 6.13. The van der Waals surface area contributed by atoms with Gasteiger partial charge < -0.3 is 10.8 Å². The van der Waals surface area contributed by atoms with Gasteiger partial charge in [-0.1, -0.05) is 13.0 Å². The molecule has 0 fully saturated rings. The summed E-state index contributed by atoms with van der Waals surface area (Å²) in [5.41, 5.74) is 8.05. The number of nitrogens with two attached hydrogens (primary N) is 1. The molecule has 3 N–H and O–H groups in total. The van der Waals surface area contributed by atoms with Crippen LogP contribution in [0.4, 0.5) is 5.69 Å². The van der Waals surface area contributed by atoms with Crippen LogP contribution in [0.2, 0.25) is 0 Å². The summed E-state index contributed by atoms with van der Waals surface area (Å²) >= 11 is 0. The standard InChI is InChI=1S/C10H13NO2/c1-2-7-3-4-9(11)5-8(7)6-10(12)13/h3-5H,2,6,11H2,1H3,(H,12,13). The van der Waals surface area contributed by atoms with E-state index in [4.69, 9.17) is 10.8 Å². The van der Waals surface area contributed by atoms with Gasteiger partial charge >= 0.3 is 5.97 Å². The van der Waals surface area contributed by atoms with Crippen LogP contribution in [0.3, 0.4) is 0 Å². The summed E-state index contributed by atoms with van der Waals surface area (Å²) in [6.45, 7) is 2.00. The average molecular weight is 179 g/mol. The molecule has 3 heteroatoms. The van der Waals surface area contributed by atoms with Crippen molar-refractivity contribution in [1.29, 1.82) is 0 Å². The maximum atomic E-state index is 10.5. The van der Waals surface area contributed by atoms with E-state index in [-0.39, 0.29) is 6.42 Å². The van der Waals surface area contributed by atoms with Crippen molar-refractivity contribution in [3.8, 4) is 0 Å². The van der Waals surface area contributed by atoms with Crippen LogP contribution in [0.15, 0.2) is 18.2 Å². The Hall–Kier alpha value is -1.51. The van der Waals surface area contributed by atoms with Crippen molar-refractivity contribution in [2.75, 3.05) is 5.73 Å². The van der Waals surface area contributed by atoms with Crippen LogP contribution in [0, 0.1) is 0 Å². The molecule has 0 heterocycles. The van der Waals surface area contributed by atoms with Crippen LogP contribution in [-0.2, 0) is 17.6 Å². The largest absolute Gasteiger partial charge is 0.481 e. The molecule has 0 aliphatic heterocycles. The van der Waals surface area contributed by atoms with Crippen LogP contribution < -0.4 is 5.73 Å². The topological polar surface area (TPSA) is 63.3 Å². The van der Waals surface area contributed by atoms with E-state index >= 15 is 0 Å². The van der Waals surface area contributed by atoms with Crippen molar-refractivity contribution in [2.24, 2.45) is 0 Å². The molecular formula is C10H13NO2. The third-order valence-electron chi connectivity index (χ3n) is 1.95. The van der Waals surface area contributed by atoms with Crippen LogP contribution >= 0.6 is 0 Å². The highest BCUT2D eigenvalue weighted by atomic mass is 16.4. The number of benzene rings is 1. The van der Waals surface area contributed by atoms with E-state index in [2.05, 4.69) is 0 Å². The predicted molar refractivity (Wildman–Crippen MR) is 51.6 cm³/mol. The summed E-state index contributed by atoms with van der Waals surface area (Å²) in [6.07, 6.45) is 0.886. The molecule has 0 radical (unpaired) electrons. The lowest BCUT2D eigenvalue weighted by Gasteiger charge is -2.05. The van der Waals surface area contributed by atoms with Crippen molar-refractivity contribution < 1.29 is 9.90 Å². The van der Waals surface area contributed by atoms with Crippen LogP contribution in [0.1, 0.15) is 18.1 Å². The summed E-state index contributed by atoms with van der Waals surface area (Å²) in [5.74, 6) is -0.819. The third-order valence-corrected chi connectivity index (χ3v) is 1.95. The lowest BCUT2D eigenvalue weighted by Crippen LogP contribution is -2.04. The minimum absolute atomic E-state index is 0.0498. The highest BCUT2D eigenvalue weighted by Crippen LogP contribution is 2.14. The molecule has 1 aromatic carbocycles. The summed E-state index contributed by atoms with van der Waals surface area (Å²) in [6, 6.07) is 5.41. The Bertz CT molecular complexity index is 321. The monoisotopic (exact) mass is 179 g/mol. The quantitative estimate of drug-likeness (QED) is 0.690. The Balaban J connectivity index is 3.01. The smallest absolute Gasteiger partial charge is 0.307 e. The number of hydrogen-bond acceptors (Lipinski definition) is 2. The maximum Gasteiger partial charge on any atom is 0.307 e. The van der Waals surface area contributed by atoms with Gasteiger partial charge in [-0.2, -0.15) is 0 Å². The second-order valence-electron chi connectivity index (χ2n) is 2.95. The van der Waals surface area contributed by atoms with Gasteiger partial charge in [-0.05, 0) is 29.7 Å². The molecule has 13 heavy (non-hydrogen) atoms. The van der Waals surface area contributed by atoms with E-state index in [1.54, 1.807) is 12.1 Å². The number of aliphatic carboxylic acids is 1. The Morgan fingerprint density at radius 1 is 1.46 bits per heavy atom. The summed E-state index contributed by atoms with van der Waals surface area (Å²) in [5, 5.41) is 8.64. The molecular weight excluding hydrogens is 166 g/mol. The van der Waals surface area contributed by atoms with Gasteiger partial charge in [0.1, 0.15) is 0 Å². The van der Waals surface area contributed by atoms with E-state index in [0.717, 1.165) is 17.5 Å². The highest BCUT2D eigenvalue weighted by molar-refractivity contribution is 5.71. The number of carboxylic acids is 1. The number of carboxylic acid groups (broad SMARTS) is 1. The number of hydrogen-bond donors (Lipinski definition) is 2. The lowest BCUT2D eigenvalue weighted by atomic mass is 10.0. The van der Waals surface area contributed by atoms with Gasteiger partial charge in [0.15, 0.2) is 0 Å². The van der Waals surface area contributed by atoms with Crippen LogP contribution in [0.25, 0.3) is 0 Å². The number of aryl methyl sites for hydroxylation is 1. The van der Waals surface area contributed by atoms with Gasteiger partial charge in [-0.25, -0.2) is 0 Å². The molecule has 0 aromatic heterocycles. The van der Waals surface area contributed by atoms with Gasteiger partial charge in [0, 0.05) is 5.69 Å². The molecule has 3 nitrogen and oxygen atoms in total. The van der Waals surface area contributed by atoms with Crippen molar-refractivity contribution >= 4 is 11.7 Å². The molecule has 70 valence electrons. The number of nitrogen functional groups attached to an aromatic ring is 1. The molecule has 0 aliphatic rings. The van der Waals surface area contributed by atoms with Crippen molar-refractivity contribution in [3.05, 3.63) is 29.3 Å². The van der Waals surface area contributed by atoms with E-state index in [1.165, 1.54) is 0 Å². The van der Waals surface area contributed by atoms with E-state index < -0.39 is 5.97 Å². The average Bonchev–Trinajstić information content (AvgIpc) is 2.03. The zero-order valence-electron chi connectivity index (χ0n) is 7.58. The second kappa shape index (κ2) is 3.94. The van der Waals surface area contributed by atoms with Gasteiger partial charge in [-0.3, -0.25) is 4.79 Å². The zero-order chi connectivity index (χ0) is 9.84. The molecule has 0 amide bonds. The Kier molecular flexibility index (Phi) is 2.90. The SMILES string of the molecule is CCc1ccc(N)cc1CC(=O)O. The third kappa shape index (κ3) is 2.47. The van der Waals surface area contributed by atoms with Gasteiger partial charge in [-0.15, -0.1) is 0 Å². The van der Waals surface area contributed by atoms with Gasteiger partial charge in [0.25, 0.3) is 0 Å². The van der Waals surface area contributed by atoms with Crippen molar-refractivity contribution in [1.82, 2.24) is 0 Å². The molecule has 1 aromatic rings. The van der Waals surface area contributed by atoms with Gasteiger partial charge in [0.05, 0.1) is 6.42 Å². The van der Waals surface area contributed by atoms with E-state index in [0.29, 0.717) is 5.69 Å². The zero-order valence-corrected chi connectivity index (χ0v) is 7.58. The first kappa shape index (κ1) is 9.58. The number of carbonyl (C=O) groups is 1. The fourth-order valence-electron chi connectivity index (χ4n) is 1.32. The maximum absolute atomic E-state index is 10.5. The van der Waals surface area contributed by atoms with Crippen molar-refractivity contribution in [3.63, 3.8) is 0 Å². The first-order valence-electron chi connectivity index (χ1n) is 4.22. The summed E-state index contributed by atoms with van der Waals surface area (Å²) < 4.78 is 0. The van der Waals surface area contributed by atoms with Crippen molar-refractivity contribution in [2.45, 2.75) is 19.8 Å². The number of anilines is 1. The molecule has 1 rings (SSSR count). The molecule has 0 unspecified atom stereocenters. The van der Waals surface area contributed by atoms with Crippen LogP contribution in [-0.4, -0.2) is 11.1 Å². The Labute approximate surface area is 77.2 Å². The molecule has 0 spiro atoms. The molecule has 0 saturated heterocycles. The molecule has 0 aliphatic carbocycles. The summed E-state index contributed by atoms with van der Waals surface area (Å²) in [4.78, 5) is 10.5. The fourth-order valence-corrected chi connectivity index (χ4v) is 1.32. The summed E-state index contributed by atoms with van der Waals surface area (Å²) in [7, 11) is 0. The Morgan fingerprint density at radius 2 is 2.15 bits per heavy atom. The highest BCUT2D eigenvalue weighted by Gasteiger charge is 2.05. The lowest BCUT2D eigenvalue weighted by molar-refractivity contribution is -0.136. The predicted octanol–water partition coefficient (Wildman–Crippen LogP) is 1.46. The molecule has 0 atom stereocenters. The molecule has 0 bridgehead atoms. The minimum Gasteiger partial charge on any atom is -0.481 e. The molecule has 0 saturated carbocycles. The second-order valence-corrected chi connectivity index (χ2v) is 2.95. The Morgan fingerprint density at radius 3 is 2.69 bits per heavy atom. The minimum atomic E-state index is -0.819. The normalized spacial score (nSPS) is 9.92.